The summed E-state index contributed by atoms with van der Waals surface area (Å²) in [6.45, 7) is 0.215. The smallest absolute Gasteiger partial charge is 0.315 e. The van der Waals surface area contributed by atoms with Crippen molar-refractivity contribution in [1.82, 2.24) is 10.6 Å². The molecule has 1 aromatic heterocycles. The van der Waals surface area contributed by atoms with E-state index in [1.165, 1.54) is 17.4 Å². The van der Waals surface area contributed by atoms with Crippen LogP contribution in [0.5, 0.6) is 0 Å². The van der Waals surface area contributed by atoms with Crippen molar-refractivity contribution in [3.05, 3.63) is 58.0 Å². The Balaban J connectivity index is 1.75. The molecule has 4 nitrogen and oxygen atoms in total. The van der Waals surface area contributed by atoms with E-state index in [1.807, 2.05) is 10.8 Å². The van der Waals surface area contributed by atoms with Crippen molar-refractivity contribution in [2.45, 2.75) is 12.6 Å². The fourth-order valence-electron chi connectivity index (χ4n) is 1.65. The zero-order chi connectivity index (χ0) is 14.4. The van der Waals surface area contributed by atoms with Crippen molar-refractivity contribution in [2.24, 2.45) is 0 Å². The van der Waals surface area contributed by atoms with Gasteiger partial charge in [-0.15, -0.1) is 0 Å². The largest absolute Gasteiger partial charge is 0.387 e. The monoisotopic (exact) mass is 294 g/mol. The highest BCUT2D eigenvalue weighted by molar-refractivity contribution is 7.07. The number of aliphatic hydroxyl groups is 1. The third-order valence-corrected chi connectivity index (χ3v) is 3.48. The molecule has 2 amide bonds. The second-order valence-electron chi connectivity index (χ2n) is 4.23. The molecule has 0 saturated heterocycles. The minimum atomic E-state index is -0.736. The van der Waals surface area contributed by atoms with Crippen molar-refractivity contribution in [1.29, 1.82) is 0 Å². The van der Waals surface area contributed by atoms with Gasteiger partial charge in [0.15, 0.2) is 0 Å². The topological polar surface area (TPSA) is 61.4 Å². The van der Waals surface area contributed by atoms with Crippen molar-refractivity contribution < 1.29 is 14.3 Å². The Bertz CT molecular complexity index is 560. The molecular formula is C14H15FN2O2S. The minimum Gasteiger partial charge on any atom is -0.387 e. The maximum absolute atomic E-state index is 13.3. The highest BCUT2D eigenvalue weighted by Gasteiger charge is 2.10. The van der Waals surface area contributed by atoms with Gasteiger partial charge in [0.25, 0.3) is 0 Å². The van der Waals surface area contributed by atoms with Crippen LogP contribution in [0.25, 0.3) is 0 Å². The molecule has 2 aromatic rings. The molecule has 0 spiro atoms. The van der Waals surface area contributed by atoms with E-state index >= 15 is 0 Å². The molecular weight excluding hydrogens is 279 g/mol. The number of thiophene rings is 1. The fourth-order valence-corrected chi connectivity index (χ4v) is 2.36. The fraction of sp³-hybridized carbons (Fsp3) is 0.214. The molecule has 0 aliphatic carbocycles. The van der Waals surface area contributed by atoms with Crippen LogP contribution in [0.4, 0.5) is 9.18 Å². The molecule has 0 saturated carbocycles. The Hall–Kier alpha value is -1.92. The third-order valence-electron chi connectivity index (χ3n) is 2.78. The van der Waals surface area contributed by atoms with Crippen LogP contribution in [-0.2, 0) is 6.54 Å². The third kappa shape index (κ3) is 4.04. The standard InChI is InChI=1S/C14H15FN2O2S/c15-12-4-2-1-3-10(12)7-16-14(19)17-8-13(18)11-5-6-20-9-11/h1-6,9,13,18H,7-8H2,(H2,16,17,19). The predicted octanol–water partition coefficient (Wildman–Crippen LogP) is 2.42. The first-order valence-corrected chi connectivity index (χ1v) is 7.06. The number of carbonyl (C=O) groups is 1. The normalized spacial score (nSPS) is 11.9. The first kappa shape index (κ1) is 14.5. The van der Waals surface area contributed by atoms with Gasteiger partial charge in [0.2, 0.25) is 0 Å². The molecule has 0 bridgehead atoms. The van der Waals surface area contributed by atoms with Gasteiger partial charge in [-0.2, -0.15) is 11.3 Å². The summed E-state index contributed by atoms with van der Waals surface area (Å²) in [4.78, 5) is 11.5. The van der Waals surface area contributed by atoms with Crippen LogP contribution in [-0.4, -0.2) is 17.7 Å². The number of hydrogen-bond donors (Lipinski definition) is 3. The number of rotatable bonds is 5. The van der Waals surface area contributed by atoms with Crippen LogP contribution in [0.15, 0.2) is 41.1 Å². The first-order chi connectivity index (χ1) is 9.66. The average Bonchev–Trinajstić information content (AvgIpc) is 2.98. The molecule has 0 radical (unpaired) electrons. The first-order valence-electron chi connectivity index (χ1n) is 6.12. The second kappa shape index (κ2) is 7.02. The second-order valence-corrected chi connectivity index (χ2v) is 5.01. The molecule has 1 heterocycles. The summed E-state index contributed by atoms with van der Waals surface area (Å²) >= 11 is 1.48. The maximum Gasteiger partial charge on any atom is 0.315 e. The number of amides is 2. The number of hydrogen-bond acceptors (Lipinski definition) is 3. The minimum absolute atomic E-state index is 0.104. The van der Waals surface area contributed by atoms with Gasteiger partial charge in [-0.3, -0.25) is 0 Å². The quantitative estimate of drug-likeness (QED) is 0.793. The molecule has 1 unspecified atom stereocenters. The Morgan fingerprint density at radius 1 is 1.30 bits per heavy atom. The summed E-state index contributed by atoms with van der Waals surface area (Å²) in [5.74, 6) is -0.355. The van der Waals surface area contributed by atoms with E-state index in [4.69, 9.17) is 0 Å². The van der Waals surface area contributed by atoms with E-state index < -0.39 is 12.1 Å². The van der Waals surface area contributed by atoms with E-state index in [-0.39, 0.29) is 18.9 Å². The number of nitrogens with one attached hydrogen (secondary N) is 2. The van der Waals surface area contributed by atoms with Gasteiger partial charge in [-0.25, -0.2) is 9.18 Å². The highest BCUT2D eigenvalue weighted by Crippen LogP contribution is 2.14. The zero-order valence-corrected chi connectivity index (χ0v) is 11.5. The van der Waals surface area contributed by atoms with Gasteiger partial charge >= 0.3 is 6.03 Å². The maximum atomic E-state index is 13.3. The summed E-state index contributed by atoms with van der Waals surface area (Å²) in [5, 5.41) is 18.6. The molecule has 2 rings (SSSR count). The summed E-state index contributed by atoms with van der Waals surface area (Å²) < 4.78 is 13.3. The van der Waals surface area contributed by atoms with Crippen LogP contribution < -0.4 is 10.6 Å². The van der Waals surface area contributed by atoms with E-state index in [2.05, 4.69) is 10.6 Å². The molecule has 0 fully saturated rings. The van der Waals surface area contributed by atoms with Crippen molar-refractivity contribution in [2.75, 3.05) is 6.54 Å². The summed E-state index contributed by atoms with van der Waals surface area (Å²) in [7, 11) is 0. The van der Waals surface area contributed by atoms with Gasteiger partial charge in [0, 0.05) is 18.7 Å². The molecule has 0 aliphatic rings. The van der Waals surface area contributed by atoms with Crippen LogP contribution in [0.1, 0.15) is 17.2 Å². The molecule has 106 valence electrons. The van der Waals surface area contributed by atoms with Crippen molar-refractivity contribution in [3.8, 4) is 0 Å². The Morgan fingerprint density at radius 3 is 2.80 bits per heavy atom. The van der Waals surface area contributed by atoms with Gasteiger partial charge in [0.1, 0.15) is 5.82 Å². The highest BCUT2D eigenvalue weighted by atomic mass is 32.1. The van der Waals surface area contributed by atoms with Crippen LogP contribution in [0.3, 0.4) is 0 Å². The lowest BCUT2D eigenvalue weighted by Gasteiger charge is -2.11. The van der Waals surface area contributed by atoms with Crippen molar-refractivity contribution in [3.63, 3.8) is 0 Å². The van der Waals surface area contributed by atoms with E-state index in [0.717, 1.165) is 5.56 Å². The predicted molar refractivity (Wildman–Crippen MR) is 75.9 cm³/mol. The van der Waals surface area contributed by atoms with Gasteiger partial charge < -0.3 is 15.7 Å². The Morgan fingerprint density at radius 2 is 2.10 bits per heavy atom. The van der Waals surface area contributed by atoms with E-state index in [0.29, 0.717) is 5.56 Å². The summed E-state index contributed by atoms with van der Waals surface area (Å²) in [6, 6.07) is 7.61. The SMILES string of the molecule is O=C(NCc1ccccc1F)NCC(O)c1ccsc1. The molecule has 1 aromatic carbocycles. The lowest BCUT2D eigenvalue weighted by molar-refractivity contribution is 0.173. The number of carbonyl (C=O) groups excluding carboxylic acids is 1. The molecule has 6 heteroatoms. The Labute approximate surface area is 120 Å². The molecule has 3 N–H and O–H groups in total. The van der Waals surface area contributed by atoms with Crippen LogP contribution in [0, 0.1) is 5.82 Å². The van der Waals surface area contributed by atoms with Gasteiger partial charge in [0.05, 0.1) is 6.10 Å². The average molecular weight is 294 g/mol. The zero-order valence-electron chi connectivity index (χ0n) is 10.7. The molecule has 1 atom stereocenters. The van der Waals surface area contributed by atoms with Gasteiger partial charge in [-0.1, -0.05) is 18.2 Å². The van der Waals surface area contributed by atoms with E-state index in [1.54, 1.807) is 24.3 Å². The molecule has 20 heavy (non-hydrogen) atoms. The number of halogens is 1. The van der Waals surface area contributed by atoms with Crippen molar-refractivity contribution >= 4 is 17.4 Å². The van der Waals surface area contributed by atoms with E-state index in [9.17, 15) is 14.3 Å². The molecule has 0 aliphatic heterocycles. The summed E-state index contributed by atoms with van der Waals surface area (Å²) in [6.07, 6.45) is -0.736. The van der Waals surface area contributed by atoms with Crippen LogP contribution >= 0.6 is 11.3 Å². The number of urea groups is 1. The lowest BCUT2D eigenvalue weighted by atomic mass is 10.2. The number of benzene rings is 1. The van der Waals surface area contributed by atoms with Crippen LogP contribution in [0.2, 0.25) is 0 Å². The van der Waals surface area contributed by atoms with Gasteiger partial charge in [-0.05, 0) is 28.5 Å². The Kier molecular flexibility index (Phi) is 5.09. The lowest BCUT2D eigenvalue weighted by Crippen LogP contribution is -2.37. The number of aliphatic hydroxyl groups excluding tert-OH is 1. The summed E-state index contributed by atoms with van der Waals surface area (Å²) in [5.41, 5.74) is 1.19.